The minimum absolute atomic E-state index is 0.0702. The molecule has 1 unspecified atom stereocenters. The van der Waals surface area contributed by atoms with E-state index in [4.69, 9.17) is 10.2 Å². The van der Waals surface area contributed by atoms with Gasteiger partial charge in [0.15, 0.2) is 6.04 Å². The van der Waals surface area contributed by atoms with Crippen molar-refractivity contribution in [3.8, 4) is 5.75 Å². The second-order valence-electron chi connectivity index (χ2n) is 3.62. The fraction of sp³-hybridized carbons (Fsp3) is 0.273. The molecule has 1 aromatic rings. The average Bonchev–Trinajstić information content (AvgIpc) is 2.34. The highest BCUT2D eigenvalue weighted by molar-refractivity contribution is 5.96. The summed E-state index contributed by atoms with van der Waals surface area (Å²) in [5, 5.41) is 19.3. The van der Waals surface area contributed by atoms with Gasteiger partial charge in [-0.25, -0.2) is 4.79 Å². The highest BCUT2D eigenvalue weighted by Crippen LogP contribution is 2.22. The number of halogens is 3. The zero-order valence-electron chi connectivity index (χ0n) is 9.85. The monoisotopic (exact) mass is 293 g/mol. The van der Waals surface area contributed by atoms with Crippen LogP contribution in [0.5, 0.6) is 5.75 Å². The van der Waals surface area contributed by atoms with E-state index >= 15 is 0 Å². The lowest BCUT2D eigenvalue weighted by Gasteiger charge is -2.12. The van der Waals surface area contributed by atoms with Gasteiger partial charge in [0.2, 0.25) is 0 Å². The van der Waals surface area contributed by atoms with Gasteiger partial charge in [0.1, 0.15) is 5.75 Å². The number of aliphatic hydroxyl groups excluding tert-OH is 1. The molecule has 1 rings (SSSR count). The molecule has 1 aromatic carbocycles. The van der Waals surface area contributed by atoms with Crippen LogP contribution in [0.1, 0.15) is 10.4 Å². The molecular weight excluding hydrogens is 283 g/mol. The Labute approximate surface area is 110 Å². The lowest BCUT2D eigenvalue weighted by molar-refractivity contribution is -0.274. The number of ether oxygens (including phenoxy) is 1. The first-order valence-electron chi connectivity index (χ1n) is 5.23. The zero-order chi connectivity index (χ0) is 15.3. The Morgan fingerprint density at radius 3 is 2.20 bits per heavy atom. The molecule has 0 saturated heterocycles. The van der Waals surface area contributed by atoms with Crippen molar-refractivity contribution in [3.05, 3.63) is 29.8 Å². The van der Waals surface area contributed by atoms with Crippen molar-refractivity contribution in [2.24, 2.45) is 0 Å². The minimum atomic E-state index is -4.84. The van der Waals surface area contributed by atoms with Crippen LogP contribution in [-0.2, 0) is 4.79 Å². The molecule has 6 nitrogen and oxygen atoms in total. The summed E-state index contributed by atoms with van der Waals surface area (Å²) in [7, 11) is 0. The minimum Gasteiger partial charge on any atom is -0.480 e. The second-order valence-corrected chi connectivity index (χ2v) is 3.62. The molecule has 110 valence electrons. The normalized spacial score (nSPS) is 12.6. The molecule has 0 saturated carbocycles. The van der Waals surface area contributed by atoms with Crippen LogP contribution in [0.3, 0.4) is 0 Å². The molecule has 0 aliphatic rings. The van der Waals surface area contributed by atoms with Crippen LogP contribution in [0.25, 0.3) is 0 Å². The quantitative estimate of drug-likeness (QED) is 0.745. The highest BCUT2D eigenvalue weighted by atomic mass is 19.4. The maximum absolute atomic E-state index is 11.9. The van der Waals surface area contributed by atoms with Crippen molar-refractivity contribution in [2.45, 2.75) is 12.4 Å². The van der Waals surface area contributed by atoms with Gasteiger partial charge in [-0.2, -0.15) is 0 Å². The lowest BCUT2D eigenvalue weighted by atomic mass is 10.2. The van der Waals surface area contributed by atoms with E-state index < -0.39 is 36.6 Å². The molecule has 1 atom stereocenters. The van der Waals surface area contributed by atoms with E-state index in [-0.39, 0.29) is 5.56 Å². The lowest BCUT2D eigenvalue weighted by Crippen LogP contribution is -2.43. The van der Waals surface area contributed by atoms with Crippen molar-refractivity contribution in [3.63, 3.8) is 0 Å². The molecule has 0 fully saturated rings. The Bertz CT molecular complexity index is 486. The maximum atomic E-state index is 11.9. The van der Waals surface area contributed by atoms with E-state index in [0.717, 1.165) is 24.3 Å². The molecule has 0 aliphatic heterocycles. The molecule has 3 N–H and O–H groups in total. The Hall–Kier alpha value is -2.29. The van der Waals surface area contributed by atoms with E-state index in [1.807, 2.05) is 5.32 Å². The smallest absolute Gasteiger partial charge is 0.480 e. The van der Waals surface area contributed by atoms with Crippen molar-refractivity contribution < 1.29 is 37.7 Å². The van der Waals surface area contributed by atoms with Crippen LogP contribution in [-0.4, -0.2) is 41.1 Å². The first-order valence-corrected chi connectivity index (χ1v) is 5.23. The number of nitrogens with one attached hydrogen (secondary N) is 1. The topological polar surface area (TPSA) is 95.9 Å². The number of carboxylic acid groups (broad SMARTS) is 1. The number of aliphatic carboxylic acids is 1. The second kappa shape index (κ2) is 6.24. The molecule has 20 heavy (non-hydrogen) atoms. The third-order valence-electron chi connectivity index (χ3n) is 2.14. The van der Waals surface area contributed by atoms with Crippen LogP contribution in [0.2, 0.25) is 0 Å². The summed E-state index contributed by atoms with van der Waals surface area (Å²) in [4.78, 5) is 22.2. The van der Waals surface area contributed by atoms with Crippen LogP contribution in [0, 0.1) is 0 Å². The molecule has 0 aromatic heterocycles. The number of amides is 1. The molecule has 0 spiro atoms. The van der Waals surface area contributed by atoms with Gasteiger partial charge in [-0.15, -0.1) is 13.2 Å². The Morgan fingerprint density at radius 2 is 1.80 bits per heavy atom. The van der Waals surface area contributed by atoms with E-state index in [9.17, 15) is 22.8 Å². The summed E-state index contributed by atoms with van der Waals surface area (Å²) < 4.78 is 39.3. The van der Waals surface area contributed by atoms with E-state index in [1.54, 1.807) is 0 Å². The Morgan fingerprint density at radius 1 is 1.25 bits per heavy atom. The van der Waals surface area contributed by atoms with Crippen molar-refractivity contribution in [1.82, 2.24) is 5.32 Å². The fourth-order valence-corrected chi connectivity index (χ4v) is 1.24. The van der Waals surface area contributed by atoms with Crippen molar-refractivity contribution >= 4 is 11.9 Å². The number of hydrogen-bond acceptors (Lipinski definition) is 4. The first-order chi connectivity index (χ1) is 9.23. The van der Waals surface area contributed by atoms with Crippen LogP contribution < -0.4 is 10.1 Å². The van der Waals surface area contributed by atoms with Gasteiger partial charge in [-0.3, -0.25) is 4.79 Å². The van der Waals surface area contributed by atoms with Crippen LogP contribution >= 0.6 is 0 Å². The third-order valence-corrected chi connectivity index (χ3v) is 2.14. The molecule has 0 heterocycles. The molecular formula is C11H10F3NO5. The first kappa shape index (κ1) is 15.8. The zero-order valence-corrected chi connectivity index (χ0v) is 9.85. The summed E-state index contributed by atoms with van der Waals surface area (Å²) in [5.74, 6) is -2.78. The number of aliphatic hydroxyl groups is 1. The molecule has 0 bridgehead atoms. The standard InChI is InChI=1S/C11H10F3NO5/c12-11(13,14)20-7-3-1-6(2-4-7)9(17)15-8(5-16)10(18)19/h1-4,8,16H,5H2,(H,15,17)(H,18,19). The van der Waals surface area contributed by atoms with Crippen LogP contribution in [0.15, 0.2) is 24.3 Å². The largest absolute Gasteiger partial charge is 0.573 e. The Balaban J connectivity index is 2.73. The third kappa shape index (κ3) is 4.76. The SMILES string of the molecule is O=C(NC(CO)C(=O)O)c1ccc(OC(F)(F)F)cc1. The number of benzene rings is 1. The van der Waals surface area contributed by atoms with E-state index in [2.05, 4.69) is 4.74 Å². The van der Waals surface area contributed by atoms with Gasteiger partial charge in [-0.05, 0) is 24.3 Å². The average molecular weight is 293 g/mol. The number of carbonyl (C=O) groups excluding carboxylic acids is 1. The van der Waals surface area contributed by atoms with Gasteiger partial charge in [0.05, 0.1) is 6.61 Å². The summed E-state index contributed by atoms with van der Waals surface area (Å²) in [6, 6.07) is 2.40. The van der Waals surface area contributed by atoms with Crippen molar-refractivity contribution in [1.29, 1.82) is 0 Å². The number of alkyl halides is 3. The van der Waals surface area contributed by atoms with E-state index in [1.165, 1.54) is 0 Å². The predicted octanol–water partition coefficient (Wildman–Crippen LogP) is 0.760. The van der Waals surface area contributed by atoms with Crippen LogP contribution in [0.4, 0.5) is 13.2 Å². The number of carboxylic acids is 1. The van der Waals surface area contributed by atoms with Gasteiger partial charge >= 0.3 is 12.3 Å². The summed E-state index contributed by atoms with van der Waals surface area (Å²) in [6.07, 6.45) is -4.84. The molecule has 9 heteroatoms. The maximum Gasteiger partial charge on any atom is 0.573 e. The molecule has 0 aliphatic carbocycles. The molecule has 0 radical (unpaired) electrons. The highest BCUT2D eigenvalue weighted by Gasteiger charge is 2.31. The number of hydrogen-bond donors (Lipinski definition) is 3. The predicted molar refractivity (Wildman–Crippen MR) is 59.1 cm³/mol. The van der Waals surface area contributed by atoms with Gasteiger partial charge in [-0.1, -0.05) is 0 Å². The summed E-state index contributed by atoms with van der Waals surface area (Å²) in [6.45, 7) is -0.809. The molecule has 1 amide bonds. The van der Waals surface area contributed by atoms with Gasteiger partial charge in [0, 0.05) is 5.56 Å². The van der Waals surface area contributed by atoms with E-state index in [0.29, 0.717) is 0 Å². The number of carbonyl (C=O) groups is 2. The van der Waals surface area contributed by atoms with Gasteiger partial charge in [0.25, 0.3) is 5.91 Å². The summed E-state index contributed by atoms with van der Waals surface area (Å²) in [5.41, 5.74) is -0.0702. The van der Waals surface area contributed by atoms with Crippen molar-refractivity contribution in [2.75, 3.05) is 6.61 Å². The fourth-order valence-electron chi connectivity index (χ4n) is 1.24. The number of rotatable bonds is 5. The Kier molecular flexibility index (Phi) is 4.92. The summed E-state index contributed by atoms with van der Waals surface area (Å²) >= 11 is 0. The van der Waals surface area contributed by atoms with Gasteiger partial charge < -0.3 is 20.3 Å².